The van der Waals surface area contributed by atoms with Gasteiger partial charge in [0, 0.05) is 25.1 Å². The number of likely N-dealkylation sites (tertiary alicyclic amines) is 1. The molecule has 2 saturated heterocycles. The third kappa shape index (κ3) is 7.17. The van der Waals surface area contributed by atoms with Crippen molar-refractivity contribution in [2.45, 2.75) is 59.1 Å². The number of guanidine groups is 1. The van der Waals surface area contributed by atoms with E-state index in [1.54, 1.807) is 0 Å². The molecule has 1 aromatic carbocycles. The number of nitrogens with one attached hydrogen (secondary N) is 2. The summed E-state index contributed by atoms with van der Waals surface area (Å²) in [7, 11) is 0. The fraction of sp³-hybridized carbons (Fsp3) is 0.708. The van der Waals surface area contributed by atoms with Crippen LogP contribution in [0.2, 0.25) is 0 Å². The second-order valence-corrected chi connectivity index (χ2v) is 8.50. The van der Waals surface area contributed by atoms with E-state index in [0.717, 1.165) is 49.3 Å². The van der Waals surface area contributed by atoms with Gasteiger partial charge in [0.2, 0.25) is 0 Å². The van der Waals surface area contributed by atoms with Gasteiger partial charge in [0.15, 0.2) is 5.96 Å². The topological polar surface area (TPSA) is 58.1 Å². The predicted molar refractivity (Wildman–Crippen MR) is 123 cm³/mol. The van der Waals surface area contributed by atoms with Gasteiger partial charge >= 0.3 is 0 Å². The Hall–Kier alpha value is -1.79. The van der Waals surface area contributed by atoms with Crippen molar-refractivity contribution in [2.75, 3.05) is 45.9 Å². The SMILES string of the molecule is CCNC(=NCc1ccc(C)cc1OC1CCOC1)NCCC1CCN(CC)CC1. The zero-order chi connectivity index (χ0) is 21.2. The van der Waals surface area contributed by atoms with Crippen molar-refractivity contribution in [1.29, 1.82) is 0 Å². The molecule has 0 bridgehead atoms. The average Bonchev–Trinajstić information content (AvgIpc) is 3.26. The molecule has 0 amide bonds. The van der Waals surface area contributed by atoms with E-state index in [1.807, 2.05) is 0 Å². The van der Waals surface area contributed by atoms with Crippen molar-refractivity contribution in [3.8, 4) is 5.75 Å². The Kier molecular flexibility index (Phi) is 9.27. The van der Waals surface area contributed by atoms with Crippen LogP contribution in [0.3, 0.4) is 0 Å². The van der Waals surface area contributed by atoms with Crippen LogP contribution in [0.25, 0.3) is 0 Å². The second kappa shape index (κ2) is 12.2. The molecule has 0 spiro atoms. The van der Waals surface area contributed by atoms with Crippen molar-refractivity contribution in [3.05, 3.63) is 29.3 Å². The molecule has 30 heavy (non-hydrogen) atoms. The van der Waals surface area contributed by atoms with Crippen molar-refractivity contribution >= 4 is 5.96 Å². The van der Waals surface area contributed by atoms with Crippen LogP contribution in [0, 0.1) is 12.8 Å². The molecule has 0 radical (unpaired) electrons. The first-order valence-corrected chi connectivity index (χ1v) is 11.8. The summed E-state index contributed by atoms with van der Waals surface area (Å²) in [6.07, 6.45) is 4.96. The molecule has 0 aliphatic carbocycles. The number of hydrogen-bond acceptors (Lipinski definition) is 4. The van der Waals surface area contributed by atoms with Crippen molar-refractivity contribution in [1.82, 2.24) is 15.5 Å². The van der Waals surface area contributed by atoms with Gasteiger partial charge in [0.05, 0.1) is 19.8 Å². The Morgan fingerprint density at radius 1 is 1.20 bits per heavy atom. The summed E-state index contributed by atoms with van der Waals surface area (Å²) in [4.78, 5) is 7.38. The first kappa shape index (κ1) is 22.9. The molecule has 2 heterocycles. The van der Waals surface area contributed by atoms with E-state index in [9.17, 15) is 0 Å². The molecule has 0 aromatic heterocycles. The van der Waals surface area contributed by atoms with Crippen LogP contribution in [-0.2, 0) is 11.3 Å². The van der Waals surface area contributed by atoms with Crippen LogP contribution in [0.5, 0.6) is 5.75 Å². The third-order valence-electron chi connectivity index (χ3n) is 6.16. The number of nitrogens with zero attached hydrogens (tertiary/aromatic N) is 2. The summed E-state index contributed by atoms with van der Waals surface area (Å²) in [5.74, 6) is 2.65. The summed E-state index contributed by atoms with van der Waals surface area (Å²) >= 11 is 0. The van der Waals surface area contributed by atoms with Gasteiger partial charge in [-0.3, -0.25) is 0 Å². The quantitative estimate of drug-likeness (QED) is 0.478. The van der Waals surface area contributed by atoms with E-state index in [2.05, 4.69) is 54.5 Å². The van der Waals surface area contributed by atoms with Gasteiger partial charge in [-0.05, 0) is 70.3 Å². The smallest absolute Gasteiger partial charge is 0.191 e. The van der Waals surface area contributed by atoms with Crippen LogP contribution in [0.4, 0.5) is 0 Å². The highest BCUT2D eigenvalue weighted by Crippen LogP contribution is 2.24. The van der Waals surface area contributed by atoms with Crippen LogP contribution < -0.4 is 15.4 Å². The molecule has 3 rings (SSSR count). The van der Waals surface area contributed by atoms with Crippen LogP contribution in [0.15, 0.2) is 23.2 Å². The van der Waals surface area contributed by atoms with Crippen molar-refractivity contribution < 1.29 is 9.47 Å². The largest absolute Gasteiger partial charge is 0.488 e. The van der Waals surface area contributed by atoms with Gasteiger partial charge in [0.25, 0.3) is 0 Å². The van der Waals surface area contributed by atoms with Gasteiger partial charge in [0.1, 0.15) is 11.9 Å². The first-order chi connectivity index (χ1) is 14.7. The Morgan fingerprint density at radius 3 is 2.73 bits per heavy atom. The molecule has 6 nitrogen and oxygen atoms in total. The molecule has 1 aromatic rings. The number of piperidine rings is 1. The van der Waals surface area contributed by atoms with E-state index >= 15 is 0 Å². The molecule has 6 heteroatoms. The van der Waals surface area contributed by atoms with E-state index < -0.39 is 0 Å². The van der Waals surface area contributed by atoms with Gasteiger partial charge in [-0.25, -0.2) is 4.99 Å². The van der Waals surface area contributed by atoms with Gasteiger partial charge in [-0.2, -0.15) is 0 Å². The van der Waals surface area contributed by atoms with Crippen LogP contribution in [0.1, 0.15) is 50.7 Å². The van der Waals surface area contributed by atoms with E-state index in [4.69, 9.17) is 14.5 Å². The number of hydrogen-bond donors (Lipinski definition) is 2. The minimum absolute atomic E-state index is 0.153. The van der Waals surface area contributed by atoms with Crippen LogP contribution >= 0.6 is 0 Å². The number of benzene rings is 1. The monoisotopic (exact) mass is 416 g/mol. The Balaban J connectivity index is 1.52. The normalized spacial score (nSPS) is 21.0. The molecule has 168 valence electrons. The zero-order valence-corrected chi connectivity index (χ0v) is 19.1. The summed E-state index contributed by atoms with van der Waals surface area (Å²) < 4.78 is 11.7. The fourth-order valence-corrected chi connectivity index (χ4v) is 4.18. The molecule has 2 N–H and O–H groups in total. The Bertz CT molecular complexity index is 665. The summed E-state index contributed by atoms with van der Waals surface area (Å²) in [5, 5.41) is 6.91. The lowest BCUT2D eigenvalue weighted by Gasteiger charge is -2.31. The van der Waals surface area contributed by atoms with Gasteiger partial charge in [-0.1, -0.05) is 19.1 Å². The van der Waals surface area contributed by atoms with Crippen LogP contribution in [-0.4, -0.2) is 62.9 Å². The third-order valence-corrected chi connectivity index (χ3v) is 6.16. The molecule has 1 unspecified atom stereocenters. The second-order valence-electron chi connectivity index (χ2n) is 8.50. The number of aryl methyl sites for hydroxylation is 1. The molecule has 1 atom stereocenters. The fourth-order valence-electron chi connectivity index (χ4n) is 4.18. The van der Waals surface area contributed by atoms with E-state index in [1.165, 1.54) is 44.5 Å². The van der Waals surface area contributed by atoms with Crippen molar-refractivity contribution in [3.63, 3.8) is 0 Å². The first-order valence-electron chi connectivity index (χ1n) is 11.8. The maximum absolute atomic E-state index is 6.22. The summed E-state index contributed by atoms with van der Waals surface area (Å²) in [6, 6.07) is 6.38. The zero-order valence-electron chi connectivity index (χ0n) is 19.1. The Morgan fingerprint density at radius 2 is 2.03 bits per heavy atom. The molecule has 2 fully saturated rings. The number of aliphatic imine (C=N–C) groups is 1. The molecular formula is C24H40N4O2. The van der Waals surface area contributed by atoms with E-state index in [0.29, 0.717) is 13.2 Å². The Labute approximate surface area is 182 Å². The summed E-state index contributed by atoms with van der Waals surface area (Å²) in [5.41, 5.74) is 2.33. The standard InChI is InChI=1S/C24H40N4O2/c1-4-25-24(26-12-8-20-9-13-28(5-2)14-10-20)27-17-21-7-6-19(3)16-23(21)30-22-11-15-29-18-22/h6-7,16,20,22H,4-5,8-15,17-18H2,1-3H3,(H2,25,26,27). The molecular weight excluding hydrogens is 376 g/mol. The molecule has 2 aliphatic rings. The van der Waals surface area contributed by atoms with Gasteiger partial charge < -0.3 is 25.0 Å². The highest BCUT2D eigenvalue weighted by molar-refractivity contribution is 5.79. The maximum Gasteiger partial charge on any atom is 0.191 e. The minimum Gasteiger partial charge on any atom is -0.488 e. The van der Waals surface area contributed by atoms with Crippen molar-refractivity contribution in [2.24, 2.45) is 10.9 Å². The molecule has 2 aliphatic heterocycles. The average molecular weight is 417 g/mol. The lowest BCUT2D eigenvalue weighted by Crippen LogP contribution is -2.39. The summed E-state index contributed by atoms with van der Waals surface area (Å²) in [6.45, 7) is 14.0. The maximum atomic E-state index is 6.22. The lowest BCUT2D eigenvalue weighted by molar-refractivity contribution is 0.140. The van der Waals surface area contributed by atoms with Gasteiger partial charge in [-0.15, -0.1) is 0 Å². The highest BCUT2D eigenvalue weighted by atomic mass is 16.5. The molecule has 0 saturated carbocycles. The lowest BCUT2D eigenvalue weighted by atomic mass is 9.93. The highest BCUT2D eigenvalue weighted by Gasteiger charge is 2.19. The number of rotatable bonds is 9. The minimum atomic E-state index is 0.153. The number of ether oxygens (including phenoxy) is 2. The van der Waals surface area contributed by atoms with E-state index in [-0.39, 0.29) is 6.10 Å². The predicted octanol–water partition coefficient (Wildman–Crippen LogP) is 3.34.